The van der Waals surface area contributed by atoms with Gasteiger partial charge in [-0.05, 0) is 40.7 Å². The van der Waals surface area contributed by atoms with Crippen molar-refractivity contribution in [2.45, 2.75) is 39.7 Å². The highest BCUT2D eigenvalue weighted by Gasteiger charge is 2.31. The number of amides is 1. The Balaban J connectivity index is 1.94. The molecule has 0 radical (unpaired) electrons. The highest BCUT2D eigenvalue weighted by Crippen LogP contribution is 2.41. The molecule has 166 valence electrons. The molecule has 0 fully saturated rings. The number of benzene rings is 2. The van der Waals surface area contributed by atoms with Crippen molar-refractivity contribution in [1.82, 2.24) is 9.88 Å². The Bertz CT molecular complexity index is 1000. The van der Waals surface area contributed by atoms with Crippen molar-refractivity contribution in [3.05, 3.63) is 65.9 Å². The molecule has 0 saturated carbocycles. The van der Waals surface area contributed by atoms with E-state index in [1.165, 1.54) is 22.0 Å². The van der Waals surface area contributed by atoms with E-state index >= 15 is 0 Å². The smallest absolute Gasteiger partial charge is 0.220 e. The third kappa shape index (κ3) is 5.67. The lowest BCUT2D eigenvalue weighted by Gasteiger charge is -2.30. The van der Waals surface area contributed by atoms with Gasteiger partial charge in [-0.25, -0.2) is 0 Å². The van der Waals surface area contributed by atoms with Crippen molar-refractivity contribution in [3.63, 3.8) is 0 Å². The minimum absolute atomic E-state index is 0.0592. The number of nitrogens with one attached hydrogen (secondary N) is 1. The first kappa shape index (κ1) is 22.9. The molecule has 1 amide bonds. The number of rotatable bonds is 9. The third-order valence-corrected chi connectivity index (χ3v) is 5.77. The van der Waals surface area contributed by atoms with Crippen LogP contribution in [0.2, 0.25) is 0 Å². The zero-order valence-corrected chi connectivity index (χ0v) is 19.3. The molecule has 0 bridgehead atoms. The van der Waals surface area contributed by atoms with Crippen molar-refractivity contribution in [1.29, 1.82) is 0 Å². The van der Waals surface area contributed by atoms with E-state index in [0.717, 1.165) is 12.3 Å². The molecule has 0 aliphatic rings. The van der Waals surface area contributed by atoms with Gasteiger partial charge in [0.25, 0.3) is 0 Å². The molecule has 0 aliphatic heterocycles. The lowest BCUT2D eigenvalue weighted by molar-refractivity contribution is -0.122. The molecule has 0 spiro atoms. The van der Waals surface area contributed by atoms with Gasteiger partial charge < -0.3 is 19.4 Å². The normalized spacial score (nSPS) is 12.7. The summed E-state index contributed by atoms with van der Waals surface area (Å²) in [5, 5.41) is 4.19. The Kier molecular flexibility index (Phi) is 7.39. The lowest BCUT2D eigenvalue weighted by atomic mass is 9.74. The van der Waals surface area contributed by atoms with Crippen LogP contribution in [0.3, 0.4) is 0 Å². The maximum Gasteiger partial charge on any atom is 0.220 e. The molecular formula is C26H34N2O3. The van der Waals surface area contributed by atoms with Gasteiger partial charge in [0, 0.05) is 43.7 Å². The van der Waals surface area contributed by atoms with Crippen LogP contribution < -0.4 is 10.1 Å². The number of ether oxygens (including phenoxy) is 2. The summed E-state index contributed by atoms with van der Waals surface area (Å²) in [7, 11) is 3.32. The number of nitrogens with zero attached hydrogens (tertiary/aromatic N) is 1. The predicted molar refractivity (Wildman–Crippen MR) is 126 cm³/mol. The van der Waals surface area contributed by atoms with Gasteiger partial charge in [0.1, 0.15) is 5.75 Å². The van der Waals surface area contributed by atoms with Crippen molar-refractivity contribution >= 4 is 16.8 Å². The van der Waals surface area contributed by atoms with Crippen LogP contribution in [0, 0.1) is 5.41 Å². The molecule has 31 heavy (non-hydrogen) atoms. The fraction of sp³-hybridized carbons (Fsp3) is 0.423. The molecule has 1 N–H and O–H groups in total. The Morgan fingerprint density at radius 1 is 1.06 bits per heavy atom. The number of para-hydroxylation sites is 1. The molecule has 3 rings (SSSR count). The number of methoxy groups -OCH3 is 2. The van der Waals surface area contributed by atoms with E-state index in [4.69, 9.17) is 9.47 Å². The first-order valence-electron chi connectivity index (χ1n) is 10.8. The summed E-state index contributed by atoms with van der Waals surface area (Å²) < 4.78 is 12.6. The number of fused-ring (bicyclic) bond motifs is 1. The second-order valence-electron chi connectivity index (χ2n) is 9.04. The van der Waals surface area contributed by atoms with Gasteiger partial charge in [-0.1, -0.05) is 51.1 Å². The predicted octanol–water partition coefficient (Wildman–Crippen LogP) is 4.98. The summed E-state index contributed by atoms with van der Waals surface area (Å²) in [6.07, 6.45) is 2.68. The van der Waals surface area contributed by atoms with Gasteiger partial charge in [0.15, 0.2) is 0 Å². The maximum atomic E-state index is 12.7. The largest absolute Gasteiger partial charge is 0.497 e. The molecule has 0 aliphatic carbocycles. The molecule has 3 aromatic rings. The van der Waals surface area contributed by atoms with E-state index in [0.29, 0.717) is 19.6 Å². The van der Waals surface area contributed by atoms with Gasteiger partial charge >= 0.3 is 0 Å². The number of hydrogen-bond acceptors (Lipinski definition) is 3. The second-order valence-corrected chi connectivity index (χ2v) is 9.04. The first-order valence-corrected chi connectivity index (χ1v) is 10.8. The zero-order valence-electron chi connectivity index (χ0n) is 19.3. The summed E-state index contributed by atoms with van der Waals surface area (Å²) in [5.74, 6) is 1.01. The Morgan fingerprint density at radius 2 is 1.77 bits per heavy atom. The third-order valence-electron chi connectivity index (χ3n) is 5.77. The fourth-order valence-electron chi connectivity index (χ4n) is 4.04. The SMILES string of the molecule is COCCNC(=O)C[C@H](c1cn(Cc2ccc(OC)cc2)c2ccccc12)C(C)(C)C. The van der Waals surface area contributed by atoms with Crippen LogP contribution in [-0.2, 0) is 16.1 Å². The van der Waals surface area contributed by atoms with Crippen LogP contribution in [0.15, 0.2) is 54.7 Å². The molecule has 0 unspecified atom stereocenters. The first-order chi connectivity index (χ1) is 14.8. The van der Waals surface area contributed by atoms with E-state index in [2.05, 4.69) is 73.3 Å². The van der Waals surface area contributed by atoms with Gasteiger partial charge in [-0.3, -0.25) is 4.79 Å². The molecular weight excluding hydrogens is 388 g/mol. The van der Waals surface area contributed by atoms with Crippen LogP contribution in [0.4, 0.5) is 0 Å². The van der Waals surface area contributed by atoms with Crippen molar-refractivity contribution in [3.8, 4) is 5.75 Å². The number of hydrogen-bond donors (Lipinski definition) is 1. The van der Waals surface area contributed by atoms with Gasteiger partial charge in [0.05, 0.1) is 13.7 Å². The standard InChI is InChI=1S/C26H34N2O3/c1-26(2,3)23(16-25(29)27-14-15-30-4)22-18-28(24-9-7-6-8-21(22)24)17-19-10-12-20(31-5)13-11-19/h6-13,18,23H,14-17H2,1-5H3,(H,27,29)/t23-/m1/s1. The van der Waals surface area contributed by atoms with Crippen LogP contribution in [0.1, 0.15) is 44.2 Å². The van der Waals surface area contributed by atoms with E-state index in [9.17, 15) is 4.79 Å². The monoisotopic (exact) mass is 422 g/mol. The number of aromatic nitrogens is 1. The lowest BCUT2D eigenvalue weighted by Crippen LogP contribution is -2.31. The van der Waals surface area contributed by atoms with Crippen LogP contribution >= 0.6 is 0 Å². The zero-order chi connectivity index (χ0) is 22.4. The molecule has 1 aromatic heterocycles. The molecule has 2 aromatic carbocycles. The van der Waals surface area contributed by atoms with Crippen molar-refractivity contribution in [2.24, 2.45) is 5.41 Å². The maximum absolute atomic E-state index is 12.7. The number of carbonyl (C=O) groups is 1. The summed E-state index contributed by atoms with van der Waals surface area (Å²) in [6, 6.07) is 16.6. The van der Waals surface area contributed by atoms with E-state index in [1.807, 2.05) is 12.1 Å². The molecule has 0 saturated heterocycles. The molecule has 1 heterocycles. The summed E-state index contributed by atoms with van der Waals surface area (Å²) in [4.78, 5) is 12.7. The topological polar surface area (TPSA) is 52.5 Å². The summed E-state index contributed by atoms with van der Waals surface area (Å²) in [6.45, 7) is 8.43. The Morgan fingerprint density at radius 3 is 2.42 bits per heavy atom. The molecule has 1 atom stereocenters. The average molecular weight is 423 g/mol. The van der Waals surface area contributed by atoms with Gasteiger partial charge in [-0.2, -0.15) is 0 Å². The minimum Gasteiger partial charge on any atom is -0.497 e. The van der Waals surface area contributed by atoms with E-state index in [-0.39, 0.29) is 17.2 Å². The van der Waals surface area contributed by atoms with E-state index in [1.54, 1.807) is 14.2 Å². The van der Waals surface area contributed by atoms with Gasteiger partial charge in [-0.15, -0.1) is 0 Å². The quantitative estimate of drug-likeness (QED) is 0.495. The van der Waals surface area contributed by atoms with Crippen molar-refractivity contribution < 1.29 is 14.3 Å². The number of carbonyl (C=O) groups excluding carboxylic acids is 1. The molecule has 5 heteroatoms. The van der Waals surface area contributed by atoms with Crippen LogP contribution in [0.5, 0.6) is 5.75 Å². The highest BCUT2D eigenvalue weighted by molar-refractivity contribution is 5.86. The Labute approximate surface area is 185 Å². The van der Waals surface area contributed by atoms with E-state index < -0.39 is 0 Å². The summed E-state index contributed by atoms with van der Waals surface area (Å²) >= 11 is 0. The molecule has 5 nitrogen and oxygen atoms in total. The second kappa shape index (κ2) is 10.0. The van der Waals surface area contributed by atoms with Gasteiger partial charge in [0.2, 0.25) is 5.91 Å². The van der Waals surface area contributed by atoms with Crippen LogP contribution in [0.25, 0.3) is 10.9 Å². The Hall–Kier alpha value is -2.79. The fourth-order valence-corrected chi connectivity index (χ4v) is 4.04. The van der Waals surface area contributed by atoms with Crippen molar-refractivity contribution in [2.75, 3.05) is 27.4 Å². The highest BCUT2D eigenvalue weighted by atomic mass is 16.5. The minimum atomic E-state index is -0.0618. The summed E-state index contributed by atoms with van der Waals surface area (Å²) in [5.41, 5.74) is 3.55. The van der Waals surface area contributed by atoms with Crippen LogP contribution in [-0.4, -0.2) is 37.8 Å². The average Bonchev–Trinajstić information content (AvgIpc) is 3.10.